The van der Waals surface area contributed by atoms with Crippen molar-refractivity contribution < 1.29 is 14.2 Å². The van der Waals surface area contributed by atoms with Crippen LogP contribution in [0.15, 0.2) is 0 Å². The van der Waals surface area contributed by atoms with Gasteiger partial charge in [-0.1, -0.05) is 0 Å². The van der Waals surface area contributed by atoms with E-state index in [1.807, 2.05) is 20.9 Å². The Kier molecular flexibility index (Phi) is 7.77. The van der Waals surface area contributed by atoms with Crippen molar-refractivity contribution in [3.8, 4) is 0 Å². The smallest absolute Gasteiger partial charge is 0.159 e. The zero-order valence-electron chi connectivity index (χ0n) is 11.4. The molecule has 0 bridgehead atoms. The number of rotatable bonds is 10. The lowest BCUT2D eigenvalue weighted by atomic mass is 9.82. The standard InChI is InChI=1S/C13H27NO3/c1-4-15-13(16-5-2)6-7-17-12-8-11(9-12)10-14-3/h11-14H,4-10H2,1-3H3. The fraction of sp³-hybridized carbons (Fsp3) is 1.00. The quantitative estimate of drug-likeness (QED) is 0.596. The predicted molar refractivity (Wildman–Crippen MR) is 68.0 cm³/mol. The third-order valence-corrected chi connectivity index (χ3v) is 3.10. The summed E-state index contributed by atoms with van der Waals surface area (Å²) in [4.78, 5) is 0. The average molecular weight is 245 g/mol. The molecule has 0 aromatic carbocycles. The van der Waals surface area contributed by atoms with Gasteiger partial charge in [0.15, 0.2) is 6.29 Å². The molecule has 4 heteroatoms. The van der Waals surface area contributed by atoms with Gasteiger partial charge in [-0.15, -0.1) is 0 Å². The highest BCUT2D eigenvalue weighted by molar-refractivity contribution is 4.81. The van der Waals surface area contributed by atoms with Crippen molar-refractivity contribution in [2.75, 3.05) is 33.4 Å². The minimum Gasteiger partial charge on any atom is -0.378 e. The van der Waals surface area contributed by atoms with E-state index in [4.69, 9.17) is 14.2 Å². The van der Waals surface area contributed by atoms with Crippen LogP contribution in [0, 0.1) is 5.92 Å². The molecule has 1 fully saturated rings. The van der Waals surface area contributed by atoms with Crippen molar-refractivity contribution in [3.05, 3.63) is 0 Å². The molecular weight excluding hydrogens is 218 g/mol. The lowest BCUT2D eigenvalue weighted by Gasteiger charge is -2.35. The second kappa shape index (κ2) is 8.86. The molecule has 4 nitrogen and oxygen atoms in total. The Hall–Kier alpha value is -0.160. The average Bonchev–Trinajstić information content (AvgIpc) is 2.26. The lowest BCUT2D eigenvalue weighted by molar-refractivity contribution is -0.153. The van der Waals surface area contributed by atoms with Crippen LogP contribution in [0.25, 0.3) is 0 Å². The summed E-state index contributed by atoms with van der Waals surface area (Å²) in [7, 11) is 2.00. The number of nitrogens with one attached hydrogen (secondary N) is 1. The second-order valence-electron chi connectivity index (χ2n) is 4.52. The molecule has 0 aliphatic heterocycles. The van der Waals surface area contributed by atoms with Gasteiger partial charge in [-0.2, -0.15) is 0 Å². The van der Waals surface area contributed by atoms with Crippen molar-refractivity contribution in [2.24, 2.45) is 5.92 Å². The van der Waals surface area contributed by atoms with Gasteiger partial charge >= 0.3 is 0 Å². The summed E-state index contributed by atoms with van der Waals surface area (Å²) in [5.41, 5.74) is 0. The van der Waals surface area contributed by atoms with Gasteiger partial charge in [0.2, 0.25) is 0 Å². The number of hydrogen-bond acceptors (Lipinski definition) is 4. The molecule has 0 amide bonds. The van der Waals surface area contributed by atoms with Gasteiger partial charge in [0.1, 0.15) is 0 Å². The molecule has 0 spiro atoms. The maximum atomic E-state index is 5.79. The Morgan fingerprint density at radius 3 is 2.35 bits per heavy atom. The van der Waals surface area contributed by atoms with Crippen molar-refractivity contribution >= 4 is 0 Å². The van der Waals surface area contributed by atoms with Crippen LogP contribution in [0.5, 0.6) is 0 Å². The Morgan fingerprint density at radius 2 is 1.82 bits per heavy atom. The molecule has 0 unspecified atom stereocenters. The minimum atomic E-state index is -0.0989. The first-order valence-corrected chi connectivity index (χ1v) is 6.79. The molecule has 0 heterocycles. The van der Waals surface area contributed by atoms with Gasteiger partial charge in [-0.3, -0.25) is 0 Å². The predicted octanol–water partition coefficient (Wildman–Crippen LogP) is 1.79. The van der Waals surface area contributed by atoms with Gasteiger partial charge in [0.25, 0.3) is 0 Å². The molecule has 1 aliphatic carbocycles. The third-order valence-electron chi connectivity index (χ3n) is 3.10. The molecule has 1 rings (SSSR count). The highest BCUT2D eigenvalue weighted by atomic mass is 16.7. The largest absolute Gasteiger partial charge is 0.378 e. The Labute approximate surface area is 105 Å². The summed E-state index contributed by atoms with van der Waals surface area (Å²) >= 11 is 0. The molecule has 1 saturated carbocycles. The van der Waals surface area contributed by atoms with Gasteiger partial charge in [0, 0.05) is 19.6 Å². The van der Waals surface area contributed by atoms with Crippen LogP contribution in [0.3, 0.4) is 0 Å². The summed E-state index contributed by atoms with van der Waals surface area (Å²) in [6.07, 6.45) is 3.56. The van der Waals surface area contributed by atoms with Crippen molar-refractivity contribution in [1.82, 2.24) is 5.32 Å². The van der Waals surface area contributed by atoms with E-state index in [9.17, 15) is 0 Å². The molecule has 17 heavy (non-hydrogen) atoms. The van der Waals surface area contributed by atoms with Crippen LogP contribution >= 0.6 is 0 Å². The monoisotopic (exact) mass is 245 g/mol. The maximum Gasteiger partial charge on any atom is 0.159 e. The molecule has 0 atom stereocenters. The van der Waals surface area contributed by atoms with Gasteiger partial charge in [0.05, 0.1) is 12.7 Å². The van der Waals surface area contributed by atoms with E-state index >= 15 is 0 Å². The Morgan fingerprint density at radius 1 is 1.18 bits per heavy atom. The molecule has 0 saturated heterocycles. The molecule has 1 aliphatic rings. The maximum absolute atomic E-state index is 5.79. The van der Waals surface area contributed by atoms with Crippen LogP contribution in [0.1, 0.15) is 33.1 Å². The minimum absolute atomic E-state index is 0.0989. The van der Waals surface area contributed by atoms with E-state index in [0.717, 1.165) is 25.5 Å². The van der Waals surface area contributed by atoms with Gasteiger partial charge < -0.3 is 19.5 Å². The van der Waals surface area contributed by atoms with Crippen LogP contribution in [0.2, 0.25) is 0 Å². The summed E-state index contributed by atoms with van der Waals surface area (Å²) < 4.78 is 16.7. The molecule has 0 aromatic rings. The Bertz CT molecular complexity index is 178. The second-order valence-corrected chi connectivity index (χ2v) is 4.52. The van der Waals surface area contributed by atoms with Crippen LogP contribution < -0.4 is 5.32 Å². The van der Waals surface area contributed by atoms with Crippen LogP contribution in [0.4, 0.5) is 0 Å². The van der Waals surface area contributed by atoms with Gasteiger partial charge in [-0.25, -0.2) is 0 Å². The fourth-order valence-electron chi connectivity index (χ4n) is 2.18. The van der Waals surface area contributed by atoms with E-state index in [2.05, 4.69) is 5.32 Å². The molecule has 1 N–H and O–H groups in total. The molecule has 102 valence electrons. The van der Waals surface area contributed by atoms with Crippen molar-refractivity contribution in [1.29, 1.82) is 0 Å². The van der Waals surface area contributed by atoms with E-state index in [1.165, 1.54) is 12.8 Å². The van der Waals surface area contributed by atoms with Crippen molar-refractivity contribution in [2.45, 2.75) is 45.5 Å². The summed E-state index contributed by atoms with van der Waals surface area (Å²) in [5.74, 6) is 0.805. The highest BCUT2D eigenvalue weighted by Gasteiger charge is 2.29. The van der Waals surface area contributed by atoms with Crippen LogP contribution in [-0.4, -0.2) is 45.8 Å². The van der Waals surface area contributed by atoms with Crippen LogP contribution in [-0.2, 0) is 14.2 Å². The third kappa shape index (κ3) is 5.82. The summed E-state index contributed by atoms with van der Waals surface area (Å²) in [6.45, 7) is 7.21. The van der Waals surface area contributed by atoms with Gasteiger partial charge in [-0.05, 0) is 46.2 Å². The Balaban J connectivity index is 1.99. The SMILES string of the molecule is CCOC(CCOC1CC(CNC)C1)OCC. The first kappa shape index (κ1) is 14.9. The van der Waals surface area contributed by atoms with E-state index in [1.54, 1.807) is 0 Å². The molecular formula is C13H27NO3. The number of ether oxygens (including phenoxy) is 3. The number of hydrogen-bond donors (Lipinski definition) is 1. The van der Waals surface area contributed by atoms with E-state index in [0.29, 0.717) is 19.3 Å². The normalized spacial score (nSPS) is 24.0. The summed E-state index contributed by atoms with van der Waals surface area (Å²) in [6, 6.07) is 0. The van der Waals surface area contributed by atoms with E-state index in [-0.39, 0.29) is 6.29 Å². The van der Waals surface area contributed by atoms with E-state index < -0.39 is 0 Å². The first-order valence-electron chi connectivity index (χ1n) is 6.79. The summed E-state index contributed by atoms with van der Waals surface area (Å²) in [5, 5.41) is 3.20. The topological polar surface area (TPSA) is 39.7 Å². The van der Waals surface area contributed by atoms with Crippen molar-refractivity contribution in [3.63, 3.8) is 0 Å². The molecule has 0 aromatic heterocycles. The molecule has 0 radical (unpaired) electrons. The first-order chi connectivity index (χ1) is 8.30. The fourth-order valence-corrected chi connectivity index (χ4v) is 2.18. The zero-order chi connectivity index (χ0) is 12.5. The lowest BCUT2D eigenvalue weighted by Crippen LogP contribution is -2.37. The zero-order valence-corrected chi connectivity index (χ0v) is 11.4. The highest BCUT2D eigenvalue weighted by Crippen LogP contribution is 2.29.